The summed E-state index contributed by atoms with van der Waals surface area (Å²) in [4.78, 5) is 37.6. The van der Waals surface area contributed by atoms with Crippen molar-refractivity contribution in [3.05, 3.63) is 119 Å². The minimum atomic E-state index is -1.00. The molecule has 1 atom stereocenters. The van der Waals surface area contributed by atoms with Crippen molar-refractivity contribution >= 4 is 18.1 Å². The minimum absolute atomic E-state index is 0.0847. The predicted octanol–water partition coefficient (Wildman–Crippen LogP) is 5.98. The number of ether oxygens (including phenoxy) is 2. The van der Waals surface area contributed by atoms with Gasteiger partial charge in [-0.2, -0.15) is 0 Å². The molecule has 0 spiro atoms. The Morgan fingerprint density at radius 3 is 1.35 bits per heavy atom. The van der Waals surface area contributed by atoms with Crippen molar-refractivity contribution < 1.29 is 23.9 Å². The van der Waals surface area contributed by atoms with Crippen LogP contribution in [-0.2, 0) is 14.3 Å². The van der Waals surface area contributed by atoms with Crippen LogP contribution in [0.5, 0.6) is 0 Å². The lowest BCUT2D eigenvalue weighted by atomic mass is 9.98. The van der Waals surface area contributed by atoms with Gasteiger partial charge in [-0.25, -0.2) is 9.59 Å². The van der Waals surface area contributed by atoms with Crippen LogP contribution in [0.15, 0.2) is 97.1 Å². The molecule has 0 saturated heterocycles. The topological polar surface area (TPSA) is 93.7 Å². The van der Waals surface area contributed by atoms with Gasteiger partial charge >= 0.3 is 12.2 Å². The maximum Gasteiger partial charge on any atom is 0.413 e. The summed E-state index contributed by atoms with van der Waals surface area (Å²) in [7, 11) is 0. The fourth-order valence-electron chi connectivity index (χ4n) is 5.73. The summed E-state index contributed by atoms with van der Waals surface area (Å²) in [5.41, 5.74) is 8.83. The highest BCUT2D eigenvalue weighted by Crippen LogP contribution is 2.45. The number of nitrogens with one attached hydrogen (secondary N) is 2. The molecule has 40 heavy (non-hydrogen) atoms. The van der Waals surface area contributed by atoms with Crippen LogP contribution in [0, 0.1) is 0 Å². The smallest absolute Gasteiger partial charge is 0.413 e. The number of imide groups is 1. The zero-order chi connectivity index (χ0) is 27.6. The molecule has 0 fully saturated rings. The van der Waals surface area contributed by atoms with Gasteiger partial charge in [0.1, 0.15) is 19.3 Å². The van der Waals surface area contributed by atoms with Crippen LogP contribution >= 0.6 is 0 Å². The monoisotopic (exact) mass is 532 g/mol. The average Bonchev–Trinajstić information content (AvgIpc) is 3.47. The van der Waals surface area contributed by atoms with E-state index in [1.54, 1.807) is 0 Å². The Morgan fingerprint density at radius 2 is 0.950 bits per heavy atom. The van der Waals surface area contributed by atoms with E-state index < -0.39 is 24.1 Å². The number of hydrogen-bond acceptors (Lipinski definition) is 5. The van der Waals surface area contributed by atoms with Crippen LogP contribution < -0.4 is 10.6 Å². The summed E-state index contributed by atoms with van der Waals surface area (Å²) < 4.78 is 10.9. The molecular weight excluding hydrogens is 504 g/mol. The van der Waals surface area contributed by atoms with Gasteiger partial charge < -0.3 is 14.8 Å². The van der Waals surface area contributed by atoms with Crippen LogP contribution in [0.3, 0.4) is 0 Å². The quantitative estimate of drug-likeness (QED) is 0.319. The van der Waals surface area contributed by atoms with Crippen LogP contribution in [0.4, 0.5) is 9.59 Å². The lowest BCUT2D eigenvalue weighted by molar-refractivity contribution is -0.122. The minimum Gasteiger partial charge on any atom is -0.449 e. The first-order chi connectivity index (χ1) is 19.5. The molecule has 7 heteroatoms. The van der Waals surface area contributed by atoms with Crippen LogP contribution in [0.25, 0.3) is 22.3 Å². The zero-order valence-corrected chi connectivity index (χ0v) is 21.9. The molecule has 0 radical (unpaired) electrons. The van der Waals surface area contributed by atoms with Gasteiger partial charge in [-0.05, 0) is 51.4 Å². The number of carbonyl (C=O) groups is 3. The van der Waals surface area contributed by atoms with E-state index in [-0.39, 0.29) is 25.0 Å². The van der Waals surface area contributed by atoms with Crippen LogP contribution in [0.1, 0.15) is 41.0 Å². The van der Waals surface area contributed by atoms with E-state index in [2.05, 4.69) is 34.9 Å². The third kappa shape index (κ3) is 4.71. The van der Waals surface area contributed by atoms with Gasteiger partial charge in [0.05, 0.1) is 0 Å². The third-order valence-electron chi connectivity index (χ3n) is 7.64. The maximum absolute atomic E-state index is 12.6. The molecular formula is C33H28N2O5. The summed E-state index contributed by atoms with van der Waals surface area (Å²) in [6.07, 6.45) is -1.61. The summed E-state index contributed by atoms with van der Waals surface area (Å²) in [5.74, 6) is -0.904. The number of fused-ring (bicyclic) bond motifs is 6. The van der Waals surface area contributed by atoms with Gasteiger partial charge in [-0.3, -0.25) is 10.1 Å². The van der Waals surface area contributed by atoms with Gasteiger partial charge in [-0.15, -0.1) is 0 Å². The van der Waals surface area contributed by atoms with Crippen molar-refractivity contribution in [1.82, 2.24) is 10.6 Å². The Morgan fingerprint density at radius 1 is 0.600 bits per heavy atom. The van der Waals surface area contributed by atoms with Crippen molar-refractivity contribution in [2.45, 2.75) is 24.8 Å². The van der Waals surface area contributed by atoms with Gasteiger partial charge in [0, 0.05) is 11.8 Å². The number of rotatable bonds is 6. The highest BCUT2D eigenvalue weighted by atomic mass is 16.6. The Bertz CT molecular complexity index is 1520. The van der Waals surface area contributed by atoms with Gasteiger partial charge in [0.2, 0.25) is 0 Å². The first-order valence-electron chi connectivity index (χ1n) is 13.3. The van der Waals surface area contributed by atoms with E-state index in [9.17, 15) is 14.4 Å². The molecule has 2 aliphatic rings. The molecule has 2 aliphatic carbocycles. The largest absolute Gasteiger partial charge is 0.449 e. The van der Waals surface area contributed by atoms with E-state index in [1.165, 1.54) is 6.92 Å². The van der Waals surface area contributed by atoms with E-state index >= 15 is 0 Å². The van der Waals surface area contributed by atoms with E-state index in [0.717, 1.165) is 44.5 Å². The maximum atomic E-state index is 12.6. The summed E-state index contributed by atoms with van der Waals surface area (Å²) in [6.45, 7) is 1.69. The highest BCUT2D eigenvalue weighted by molar-refractivity contribution is 5.96. The lowest BCUT2D eigenvalue weighted by Crippen LogP contribution is -2.47. The summed E-state index contributed by atoms with van der Waals surface area (Å²) >= 11 is 0. The molecule has 0 bridgehead atoms. The zero-order valence-electron chi connectivity index (χ0n) is 21.9. The number of hydrogen-bond donors (Lipinski definition) is 2. The molecule has 0 heterocycles. The number of alkyl carbamates (subject to hydrolysis) is 2. The van der Waals surface area contributed by atoms with Gasteiger partial charge in [-0.1, -0.05) is 97.1 Å². The Labute approximate surface area is 232 Å². The molecule has 2 N–H and O–H groups in total. The molecule has 4 aromatic rings. The first kappa shape index (κ1) is 25.4. The molecule has 0 aromatic heterocycles. The number of carbonyl (C=O) groups excluding carboxylic acids is 3. The highest BCUT2D eigenvalue weighted by Gasteiger charge is 2.31. The average molecular weight is 533 g/mol. The van der Waals surface area contributed by atoms with Gasteiger partial charge in [0.15, 0.2) is 0 Å². The Hall–Kier alpha value is -4.91. The van der Waals surface area contributed by atoms with Crippen molar-refractivity contribution in [1.29, 1.82) is 0 Å². The molecule has 4 aromatic carbocycles. The second-order valence-electron chi connectivity index (χ2n) is 10.0. The van der Waals surface area contributed by atoms with E-state index in [0.29, 0.717) is 0 Å². The van der Waals surface area contributed by atoms with Crippen LogP contribution in [0.2, 0.25) is 0 Å². The molecule has 200 valence electrons. The molecule has 0 saturated carbocycles. The van der Waals surface area contributed by atoms with E-state index in [1.807, 2.05) is 72.8 Å². The lowest BCUT2D eigenvalue weighted by Gasteiger charge is -2.17. The van der Waals surface area contributed by atoms with Crippen LogP contribution in [-0.4, -0.2) is 37.3 Å². The Balaban J connectivity index is 1.01. The molecule has 3 amide bonds. The normalized spacial score (nSPS) is 13.8. The fraction of sp³-hybridized carbons (Fsp3) is 0.182. The molecule has 0 aliphatic heterocycles. The standard InChI is InChI=1S/C33H28N2O5/c1-20(34-32(37)39-18-29-25-14-6-2-10-21(25)22-11-3-7-15-26(22)29)31(36)35-33(38)40-19-30-27-16-8-4-12-23(27)24-13-5-9-17-28(24)30/h2-17,20,29-30H,18-19H2,1H3,(H,34,37)(H,35,36,38)/t20-/m1/s1. The molecule has 7 nitrogen and oxygen atoms in total. The first-order valence-corrected chi connectivity index (χ1v) is 13.3. The second-order valence-corrected chi connectivity index (χ2v) is 10.0. The van der Waals surface area contributed by atoms with Gasteiger partial charge in [0.25, 0.3) is 5.91 Å². The van der Waals surface area contributed by atoms with Crippen molar-refractivity contribution in [2.24, 2.45) is 0 Å². The fourth-order valence-corrected chi connectivity index (χ4v) is 5.73. The number of amides is 3. The molecule has 6 rings (SSSR count). The predicted molar refractivity (Wildman–Crippen MR) is 151 cm³/mol. The second kappa shape index (κ2) is 10.7. The van der Waals surface area contributed by atoms with Crippen molar-refractivity contribution in [3.8, 4) is 22.3 Å². The summed E-state index contributed by atoms with van der Waals surface area (Å²) in [6, 6.07) is 31.1. The molecule has 0 unspecified atom stereocenters. The Kier molecular flexibility index (Phi) is 6.78. The summed E-state index contributed by atoms with van der Waals surface area (Å²) in [5, 5.41) is 4.71. The number of benzene rings is 4. The van der Waals surface area contributed by atoms with E-state index in [4.69, 9.17) is 9.47 Å². The van der Waals surface area contributed by atoms with Crippen molar-refractivity contribution in [2.75, 3.05) is 13.2 Å². The third-order valence-corrected chi connectivity index (χ3v) is 7.64. The SMILES string of the molecule is C[C@@H](NC(=O)OCC1c2ccccc2-c2ccccc21)C(=O)NC(=O)OCC1c2ccccc2-c2ccccc21. The van der Waals surface area contributed by atoms with Crippen molar-refractivity contribution in [3.63, 3.8) is 0 Å².